The summed E-state index contributed by atoms with van der Waals surface area (Å²) in [7, 11) is 0. The molecule has 2 fully saturated rings. The third kappa shape index (κ3) is 3.69. The summed E-state index contributed by atoms with van der Waals surface area (Å²) in [5.74, 6) is 1.61. The number of ether oxygens (including phenoxy) is 2. The summed E-state index contributed by atoms with van der Waals surface area (Å²) in [5, 5.41) is 0. The van der Waals surface area contributed by atoms with Crippen molar-refractivity contribution < 1.29 is 9.47 Å². The number of aromatic amines is 1. The van der Waals surface area contributed by atoms with Gasteiger partial charge in [-0.3, -0.25) is 0 Å². The topological polar surface area (TPSA) is 50.4 Å². The largest absolute Gasteiger partial charge is 0.350 e. The molecule has 1 aromatic carbocycles. The lowest BCUT2D eigenvalue weighted by Gasteiger charge is -2.32. The monoisotopic (exact) mass is 327 g/mol. The standard InChI is InChI=1S/C19H25N3O2/c1-2-5-15(6-3-1)17-13-20-19(21-17)16-7-4-9-22(14-16)10-8-18-23-11-12-24-18/h1-3,5-6,13,16,18H,4,7-12,14H2,(H,20,21). The number of likely N-dealkylation sites (tertiary alicyclic amines) is 1. The van der Waals surface area contributed by atoms with Crippen LogP contribution in [0.1, 0.15) is 31.0 Å². The Kier molecular flexibility index (Phi) is 4.92. The second kappa shape index (κ2) is 7.47. The van der Waals surface area contributed by atoms with E-state index in [0.29, 0.717) is 5.92 Å². The van der Waals surface area contributed by atoms with Crippen LogP contribution in [0.5, 0.6) is 0 Å². The van der Waals surface area contributed by atoms with Gasteiger partial charge in [0.15, 0.2) is 6.29 Å². The minimum atomic E-state index is -0.00123. The van der Waals surface area contributed by atoms with Crippen LogP contribution in [0.3, 0.4) is 0 Å². The molecule has 1 aromatic heterocycles. The van der Waals surface area contributed by atoms with Crippen molar-refractivity contribution in [3.05, 3.63) is 42.4 Å². The molecule has 1 atom stereocenters. The molecule has 0 spiro atoms. The number of nitrogens with zero attached hydrogens (tertiary/aromatic N) is 2. The second-order valence-corrected chi connectivity index (χ2v) is 6.65. The first-order valence-corrected chi connectivity index (χ1v) is 8.94. The fourth-order valence-corrected chi connectivity index (χ4v) is 3.65. The third-order valence-corrected chi connectivity index (χ3v) is 4.94. The highest BCUT2D eigenvalue weighted by Crippen LogP contribution is 2.27. The molecule has 4 rings (SSSR count). The second-order valence-electron chi connectivity index (χ2n) is 6.65. The first-order chi connectivity index (χ1) is 11.9. The summed E-state index contributed by atoms with van der Waals surface area (Å²) < 4.78 is 11.1. The van der Waals surface area contributed by atoms with Gasteiger partial charge in [-0.2, -0.15) is 0 Å². The van der Waals surface area contributed by atoms with Crippen molar-refractivity contribution in [1.29, 1.82) is 0 Å². The van der Waals surface area contributed by atoms with Gasteiger partial charge in [0.2, 0.25) is 0 Å². The molecule has 2 aromatic rings. The lowest BCUT2D eigenvalue weighted by Crippen LogP contribution is -2.36. The van der Waals surface area contributed by atoms with E-state index in [4.69, 9.17) is 9.47 Å². The lowest BCUT2D eigenvalue weighted by atomic mass is 9.97. The summed E-state index contributed by atoms with van der Waals surface area (Å²) in [6.45, 7) is 4.74. The minimum absolute atomic E-state index is 0.00123. The van der Waals surface area contributed by atoms with Gasteiger partial charge >= 0.3 is 0 Å². The van der Waals surface area contributed by atoms with Crippen LogP contribution in [-0.4, -0.2) is 54.0 Å². The van der Waals surface area contributed by atoms with E-state index in [1.165, 1.54) is 18.4 Å². The van der Waals surface area contributed by atoms with Gasteiger partial charge < -0.3 is 19.4 Å². The first-order valence-electron chi connectivity index (χ1n) is 8.94. The van der Waals surface area contributed by atoms with E-state index in [-0.39, 0.29) is 6.29 Å². The number of imidazole rings is 1. The van der Waals surface area contributed by atoms with Gasteiger partial charge in [-0.05, 0) is 24.9 Å². The van der Waals surface area contributed by atoms with Crippen molar-refractivity contribution in [1.82, 2.24) is 14.9 Å². The van der Waals surface area contributed by atoms with Gasteiger partial charge in [0, 0.05) is 25.4 Å². The quantitative estimate of drug-likeness (QED) is 0.917. The zero-order valence-corrected chi connectivity index (χ0v) is 14.0. The smallest absolute Gasteiger partial charge is 0.159 e. The number of hydrogen-bond donors (Lipinski definition) is 1. The molecule has 24 heavy (non-hydrogen) atoms. The number of hydrogen-bond acceptors (Lipinski definition) is 4. The molecule has 0 radical (unpaired) electrons. The Bertz CT molecular complexity index is 637. The molecule has 128 valence electrons. The number of nitrogens with one attached hydrogen (secondary N) is 1. The van der Waals surface area contributed by atoms with Crippen LogP contribution in [0.4, 0.5) is 0 Å². The molecule has 3 heterocycles. The van der Waals surface area contributed by atoms with Crippen LogP contribution in [0.25, 0.3) is 11.3 Å². The molecule has 5 nitrogen and oxygen atoms in total. The van der Waals surface area contributed by atoms with Crippen molar-refractivity contribution in [3.63, 3.8) is 0 Å². The molecule has 0 aliphatic carbocycles. The predicted molar refractivity (Wildman–Crippen MR) is 92.7 cm³/mol. The van der Waals surface area contributed by atoms with E-state index >= 15 is 0 Å². The number of aromatic nitrogens is 2. The highest BCUT2D eigenvalue weighted by atomic mass is 16.7. The van der Waals surface area contributed by atoms with Crippen molar-refractivity contribution in [2.24, 2.45) is 0 Å². The summed E-state index contributed by atoms with van der Waals surface area (Å²) in [6.07, 6.45) is 5.34. The third-order valence-electron chi connectivity index (χ3n) is 4.94. The highest BCUT2D eigenvalue weighted by molar-refractivity contribution is 5.58. The Morgan fingerprint density at radius 3 is 2.83 bits per heavy atom. The van der Waals surface area contributed by atoms with Crippen LogP contribution in [-0.2, 0) is 9.47 Å². The maximum absolute atomic E-state index is 5.54. The van der Waals surface area contributed by atoms with Gasteiger partial charge in [0.05, 0.1) is 25.1 Å². The van der Waals surface area contributed by atoms with Gasteiger partial charge in [-0.1, -0.05) is 30.3 Å². The van der Waals surface area contributed by atoms with Crippen molar-refractivity contribution in [3.8, 4) is 11.3 Å². The SMILES string of the molecule is c1ccc(-c2cnc(C3CCCN(CCC4OCCO4)C3)[nH]2)cc1. The maximum Gasteiger partial charge on any atom is 0.159 e. The number of rotatable bonds is 5. The van der Waals surface area contributed by atoms with Crippen molar-refractivity contribution in [2.45, 2.75) is 31.5 Å². The van der Waals surface area contributed by atoms with E-state index in [1.807, 2.05) is 12.3 Å². The van der Waals surface area contributed by atoms with E-state index in [0.717, 1.165) is 50.8 Å². The van der Waals surface area contributed by atoms with Gasteiger partial charge in [-0.15, -0.1) is 0 Å². The van der Waals surface area contributed by atoms with E-state index in [9.17, 15) is 0 Å². The summed E-state index contributed by atoms with van der Waals surface area (Å²) >= 11 is 0. The Morgan fingerprint density at radius 1 is 1.17 bits per heavy atom. The molecular formula is C19H25N3O2. The molecule has 0 saturated carbocycles. The Hall–Kier alpha value is -1.69. The van der Waals surface area contributed by atoms with Crippen LogP contribution in [0.2, 0.25) is 0 Å². The lowest BCUT2D eigenvalue weighted by molar-refractivity contribution is -0.0525. The van der Waals surface area contributed by atoms with Crippen molar-refractivity contribution >= 4 is 0 Å². The minimum Gasteiger partial charge on any atom is -0.350 e. The highest BCUT2D eigenvalue weighted by Gasteiger charge is 2.25. The molecule has 1 unspecified atom stereocenters. The average molecular weight is 327 g/mol. The zero-order chi connectivity index (χ0) is 16.2. The summed E-state index contributed by atoms with van der Waals surface area (Å²) in [4.78, 5) is 10.7. The fraction of sp³-hybridized carbons (Fsp3) is 0.526. The van der Waals surface area contributed by atoms with E-state index in [1.54, 1.807) is 0 Å². The van der Waals surface area contributed by atoms with E-state index < -0.39 is 0 Å². The molecular weight excluding hydrogens is 302 g/mol. The van der Waals surface area contributed by atoms with Crippen LogP contribution in [0, 0.1) is 0 Å². The Labute approximate surface area is 143 Å². The molecule has 2 aliphatic rings. The molecule has 2 aliphatic heterocycles. The number of benzene rings is 1. The Balaban J connectivity index is 1.36. The predicted octanol–water partition coefficient (Wildman–Crippen LogP) is 3.02. The fourth-order valence-electron chi connectivity index (χ4n) is 3.65. The molecule has 2 saturated heterocycles. The average Bonchev–Trinajstić information content (AvgIpc) is 3.33. The molecule has 5 heteroatoms. The van der Waals surface area contributed by atoms with Crippen LogP contribution < -0.4 is 0 Å². The summed E-state index contributed by atoms with van der Waals surface area (Å²) in [5.41, 5.74) is 2.30. The van der Waals surface area contributed by atoms with E-state index in [2.05, 4.69) is 39.1 Å². The maximum atomic E-state index is 5.54. The van der Waals surface area contributed by atoms with Crippen LogP contribution in [0.15, 0.2) is 36.5 Å². The molecule has 0 amide bonds. The van der Waals surface area contributed by atoms with Crippen molar-refractivity contribution in [2.75, 3.05) is 32.8 Å². The van der Waals surface area contributed by atoms with Gasteiger partial charge in [0.25, 0.3) is 0 Å². The summed E-state index contributed by atoms with van der Waals surface area (Å²) in [6, 6.07) is 10.4. The Morgan fingerprint density at radius 2 is 2.00 bits per heavy atom. The first kappa shape index (κ1) is 15.8. The molecule has 1 N–H and O–H groups in total. The molecule has 0 bridgehead atoms. The normalized spacial score (nSPS) is 22.9. The number of H-pyrrole nitrogens is 1. The van der Waals surface area contributed by atoms with Gasteiger partial charge in [-0.25, -0.2) is 4.98 Å². The number of piperidine rings is 1. The zero-order valence-electron chi connectivity index (χ0n) is 14.0. The van der Waals surface area contributed by atoms with Gasteiger partial charge in [0.1, 0.15) is 5.82 Å². The van der Waals surface area contributed by atoms with Crippen LogP contribution >= 0.6 is 0 Å².